The number of hydrogen-bond donors (Lipinski definition) is 0. The summed E-state index contributed by atoms with van der Waals surface area (Å²) < 4.78 is 14.0. The van der Waals surface area contributed by atoms with Crippen LogP contribution in [0.2, 0.25) is 5.02 Å². The molecule has 1 aliphatic heterocycles. The summed E-state index contributed by atoms with van der Waals surface area (Å²) in [4.78, 5) is 29.1. The molecule has 1 saturated heterocycles. The number of hydrogen-bond acceptors (Lipinski definition) is 5. The van der Waals surface area contributed by atoms with Gasteiger partial charge in [0.1, 0.15) is 5.82 Å². The van der Waals surface area contributed by atoms with Crippen molar-refractivity contribution in [1.29, 1.82) is 0 Å². The van der Waals surface area contributed by atoms with Crippen molar-refractivity contribution < 1.29 is 14.1 Å². The molecule has 1 fully saturated rings. The molecule has 0 saturated carbocycles. The Balaban J connectivity index is 1.72. The fraction of sp³-hybridized carbons (Fsp3) is 0.350. The first-order chi connectivity index (χ1) is 13.8. The zero-order valence-corrected chi connectivity index (χ0v) is 17.0. The molecule has 0 spiro atoms. The number of nitro groups is 1. The Bertz CT molecular complexity index is 910. The number of carbonyl (C=O) groups is 1. The molecule has 0 radical (unpaired) electrons. The lowest BCUT2D eigenvalue weighted by Crippen LogP contribution is -2.48. The zero-order valence-electron chi connectivity index (χ0n) is 16.3. The van der Waals surface area contributed by atoms with E-state index >= 15 is 0 Å². The van der Waals surface area contributed by atoms with Crippen LogP contribution in [0.25, 0.3) is 0 Å². The average Bonchev–Trinajstić information content (AvgIpc) is 2.70. The van der Waals surface area contributed by atoms with Gasteiger partial charge in [0.05, 0.1) is 10.5 Å². The van der Waals surface area contributed by atoms with Gasteiger partial charge in [0, 0.05) is 75.2 Å². The third kappa shape index (κ3) is 4.65. The van der Waals surface area contributed by atoms with Crippen LogP contribution in [0.5, 0.6) is 0 Å². The van der Waals surface area contributed by atoms with Gasteiger partial charge in [-0.15, -0.1) is 0 Å². The summed E-state index contributed by atoms with van der Waals surface area (Å²) in [6.07, 6.45) is 0. The third-order valence-electron chi connectivity index (χ3n) is 5.01. The van der Waals surface area contributed by atoms with Gasteiger partial charge < -0.3 is 9.80 Å². The summed E-state index contributed by atoms with van der Waals surface area (Å²) in [6, 6.07) is 8.91. The molecule has 2 aromatic carbocycles. The fourth-order valence-electron chi connectivity index (χ4n) is 3.39. The van der Waals surface area contributed by atoms with Crippen molar-refractivity contribution in [3.63, 3.8) is 0 Å². The molecule has 0 N–H and O–H groups in total. The Labute approximate surface area is 173 Å². The number of nitrogens with zero attached hydrogens (tertiary/aromatic N) is 4. The van der Waals surface area contributed by atoms with Crippen molar-refractivity contribution >= 4 is 28.9 Å². The van der Waals surface area contributed by atoms with E-state index < -0.39 is 4.92 Å². The second-order valence-corrected chi connectivity index (χ2v) is 7.53. The molecule has 3 rings (SSSR count). The number of carbonyl (C=O) groups excluding carboxylic acids is 1. The lowest BCUT2D eigenvalue weighted by Gasteiger charge is -2.35. The van der Waals surface area contributed by atoms with Crippen molar-refractivity contribution in [3.05, 3.63) is 68.5 Å². The highest BCUT2D eigenvalue weighted by Crippen LogP contribution is 2.26. The quantitative estimate of drug-likeness (QED) is 0.547. The minimum Gasteiger partial charge on any atom is -0.377 e. The molecule has 0 aromatic heterocycles. The molecule has 1 heterocycles. The maximum atomic E-state index is 14.0. The molecule has 1 aliphatic rings. The number of amides is 1. The molecule has 29 heavy (non-hydrogen) atoms. The van der Waals surface area contributed by atoms with Gasteiger partial charge in [0.2, 0.25) is 0 Å². The first kappa shape index (κ1) is 21.0. The maximum Gasteiger partial charge on any atom is 0.270 e. The number of anilines is 1. The van der Waals surface area contributed by atoms with Crippen molar-refractivity contribution in [1.82, 2.24) is 9.80 Å². The molecule has 0 unspecified atom stereocenters. The van der Waals surface area contributed by atoms with Gasteiger partial charge in [-0.1, -0.05) is 17.7 Å². The minimum atomic E-state index is -0.508. The van der Waals surface area contributed by atoms with E-state index in [1.54, 1.807) is 42.1 Å². The SMILES string of the molecule is CN(C)c1ccc([N+](=O)[O-])cc1C(=O)N1CCN(Cc2c(F)cccc2Cl)CC1. The smallest absolute Gasteiger partial charge is 0.270 e. The van der Waals surface area contributed by atoms with Crippen LogP contribution in [0.15, 0.2) is 36.4 Å². The number of rotatable bonds is 5. The Kier molecular flexibility index (Phi) is 6.34. The summed E-state index contributed by atoms with van der Waals surface area (Å²) in [5.41, 5.74) is 1.25. The van der Waals surface area contributed by atoms with Crippen LogP contribution < -0.4 is 4.90 Å². The van der Waals surface area contributed by atoms with Crippen LogP contribution in [0.3, 0.4) is 0 Å². The van der Waals surface area contributed by atoms with E-state index in [-0.39, 0.29) is 17.4 Å². The molecule has 0 aliphatic carbocycles. The second-order valence-electron chi connectivity index (χ2n) is 7.12. The Morgan fingerprint density at radius 2 is 1.90 bits per heavy atom. The van der Waals surface area contributed by atoms with Gasteiger partial charge in [-0.2, -0.15) is 0 Å². The van der Waals surface area contributed by atoms with E-state index in [1.807, 2.05) is 4.90 Å². The number of non-ortho nitro benzene ring substituents is 1. The maximum absolute atomic E-state index is 14.0. The predicted octanol–water partition coefficient (Wildman–Crippen LogP) is 3.41. The van der Waals surface area contributed by atoms with Crippen molar-refractivity contribution in [2.45, 2.75) is 6.54 Å². The van der Waals surface area contributed by atoms with Gasteiger partial charge in [0.25, 0.3) is 11.6 Å². The van der Waals surface area contributed by atoms with E-state index in [0.717, 1.165) is 0 Å². The monoisotopic (exact) mass is 420 g/mol. The topological polar surface area (TPSA) is 69.9 Å². The van der Waals surface area contributed by atoms with Crippen LogP contribution in [0, 0.1) is 15.9 Å². The standard InChI is InChI=1S/C20H22ClFN4O3/c1-23(2)19-7-6-14(26(28)29)12-15(19)20(27)25-10-8-24(9-11-25)13-16-17(21)4-3-5-18(16)22/h3-7,12H,8-11,13H2,1-2H3. The normalized spacial score (nSPS) is 14.7. The highest BCUT2D eigenvalue weighted by atomic mass is 35.5. The highest BCUT2D eigenvalue weighted by molar-refractivity contribution is 6.31. The summed E-state index contributed by atoms with van der Waals surface area (Å²) >= 11 is 6.10. The van der Waals surface area contributed by atoms with Crippen molar-refractivity contribution in [2.75, 3.05) is 45.2 Å². The number of piperazine rings is 1. The lowest BCUT2D eigenvalue weighted by atomic mass is 10.1. The summed E-state index contributed by atoms with van der Waals surface area (Å²) in [5.74, 6) is -0.593. The van der Waals surface area contributed by atoms with Gasteiger partial charge >= 0.3 is 0 Å². The number of halogens is 2. The van der Waals surface area contributed by atoms with E-state index in [2.05, 4.69) is 0 Å². The van der Waals surface area contributed by atoms with E-state index in [9.17, 15) is 19.3 Å². The summed E-state index contributed by atoms with van der Waals surface area (Å²) in [7, 11) is 3.57. The second kappa shape index (κ2) is 8.75. The third-order valence-corrected chi connectivity index (χ3v) is 5.36. The Hall–Kier alpha value is -2.71. The van der Waals surface area contributed by atoms with Gasteiger partial charge in [-0.05, 0) is 18.2 Å². The molecular formula is C20H22ClFN4O3. The van der Waals surface area contributed by atoms with E-state index in [0.29, 0.717) is 54.6 Å². The average molecular weight is 421 g/mol. The fourth-order valence-corrected chi connectivity index (χ4v) is 3.61. The molecule has 9 heteroatoms. The van der Waals surface area contributed by atoms with E-state index in [1.165, 1.54) is 18.2 Å². The van der Waals surface area contributed by atoms with Crippen LogP contribution in [-0.4, -0.2) is 60.9 Å². The van der Waals surface area contributed by atoms with Gasteiger partial charge in [-0.3, -0.25) is 19.8 Å². The Morgan fingerprint density at radius 3 is 2.48 bits per heavy atom. The highest BCUT2D eigenvalue weighted by Gasteiger charge is 2.26. The largest absolute Gasteiger partial charge is 0.377 e. The molecular weight excluding hydrogens is 399 g/mol. The van der Waals surface area contributed by atoms with Crippen LogP contribution in [0.4, 0.5) is 15.8 Å². The zero-order chi connectivity index (χ0) is 21.1. The van der Waals surface area contributed by atoms with Crippen LogP contribution in [-0.2, 0) is 6.54 Å². The van der Waals surface area contributed by atoms with Crippen molar-refractivity contribution in [2.24, 2.45) is 0 Å². The number of nitro benzene ring substituents is 1. The van der Waals surface area contributed by atoms with Crippen molar-refractivity contribution in [3.8, 4) is 0 Å². The van der Waals surface area contributed by atoms with Crippen LogP contribution in [0.1, 0.15) is 15.9 Å². The van der Waals surface area contributed by atoms with Gasteiger partial charge in [0.15, 0.2) is 0 Å². The predicted molar refractivity (Wildman–Crippen MR) is 110 cm³/mol. The molecule has 154 valence electrons. The molecule has 7 nitrogen and oxygen atoms in total. The lowest BCUT2D eigenvalue weighted by molar-refractivity contribution is -0.384. The first-order valence-electron chi connectivity index (χ1n) is 9.18. The van der Waals surface area contributed by atoms with Gasteiger partial charge in [-0.25, -0.2) is 4.39 Å². The molecule has 1 amide bonds. The van der Waals surface area contributed by atoms with E-state index in [4.69, 9.17) is 11.6 Å². The summed E-state index contributed by atoms with van der Waals surface area (Å²) in [6.45, 7) is 2.37. The first-order valence-corrected chi connectivity index (χ1v) is 9.56. The number of benzene rings is 2. The summed E-state index contributed by atoms with van der Waals surface area (Å²) in [5, 5.41) is 11.5. The minimum absolute atomic E-state index is 0.119. The molecule has 0 atom stereocenters. The molecule has 2 aromatic rings. The Morgan fingerprint density at radius 1 is 1.21 bits per heavy atom. The van der Waals surface area contributed by atoms with Crippen LogP contribution >= 0.6 is 11.6 Å². The molecule has 0 bridgehead atoms.